The molecule has 5 heteroatoms. The number of amides is 1. The van der Waals surface area contributed by atoms with Crippen LogP contribution >= 0.6 is 12.6 Å². The first-order chi connectivity index (χ1) is 8.56. The molecule has 1 aliphatic heterocycles. The second-order valence-electron chi connectivity index (χ2n) is 4.48. The zero-order valence-electron chi connectivity index (χ0n) is 10.0. The molecule has 0 radical (unpaired) electrons. The predicted molar refractivity (Wildman–Crippen MR) is 72.1 cm³/mol. The number of hydrogen-bond acceptors (Lipinski definition) is 3. The van der Waals surface area contributed by atoms with Crippen LogP contribution in [0.4, 0.5) is 5.69 Å². The lowest BCUT2D eigenvalue weighted by atomic mass is 10.1. The first-order valence-corrected chi connectivity index (χ1v) is 6.44. The SMILES string of the molecule is C[C@H](CS)C(=O)N1c2ccccc2CC1C(=O)O. The van der Waals surface area contributed by atoms with Crippen molar-refractivity contribution >= 4 is 30.2 Å². The quantitative estimate of drug-likeness (QED) is 0.816. The zero-order valence-corrected chi connectivity index (χ0v) is 10.9. The van der Waals surface area contributed by atoms with Gasteiger partial charge in [0.1, 0.15) is 6.04 Å². The van der Waals surface area contributed by atoms with Gasteiger partial charge in [0.05, 0.1) is 0 Å². The van der Waals surface area contributed by atoms with E-state index in [0.29, 0.717) is 17.9 Å². The van der Waals surface area contributed by atoms with Crippen LogP contribution in [0.5, 0.6) is 0 Å². The molecule has 18 heavy (non-hydrogen) atoms. The average Bonchev–Trinajstić information content (AvgIpc) is 2.76. The Labute approximate surface area is 111 Å². The topological polar surface area (TPSA) is 57.6 Å². The molecular weight excluding hydrogens is 250 g/mol. The molecule has 0 saturated carbocycles. The average molecular weight is 265 g/mol. The van der Waals surface area contributed by atoms with E-state index < -0.39 is 12.0 Å². The summed E-state index contributed by atoms with van der Waals surface area (Å²) in [5, 5.41) is 9.25. The van der Waals surface area contributed by atoms with E-state index in [1.165, 1.54) is 4.90 Å². The second kappa shape index (κ2) is 5.02. The van der Waals surface area contributed by atoms with Gasteiger partial charge in [0.25, 0.3) is 0 Å². The van der Waals surface area contributed by atoms with Crippen molar-refractivity contribution in [2.24, 2.45) is 5.92 Å². The third kappa shape index (κ3) is 2.10. The maximum Gasteiger partial charge on any atom is 0.327 e. The molecule has 0 fully saturated rings. The van der Waals surface area contributed by atoms with Crippen LogP contribution in [0.1, 0.15) is 12.5 Å². The van der Waals surface area contributed by atoms with Gasteiger partial charge in [-0.25, -0.2) is 4.79 Å². The van der Waals surface area contributed by atoms with Gasteiger partial charge in [-0.05, 0) is 11.6 Å². The number of hydrogen-bond donors (Lipinski definition) is 2. The van der Waals surface area contributed by atoms with Gasteiger partial charge in [-0.2, -0.15) is 12.6 Å². The highest BCUT2D eigenvalue weighted by Crippen LogP contribution is 2.33. The van der Waals surface area contributed by atoms with Crippen LogP contribution in [-0.4, -0.2) is 28.8 Å². The Morgan fingerprint density at radius 3 is 2.78 bits per heavy atom. The van der Waals surface area contributed by atoms with Gasteiger partial charge in [-0.1, -0.05) is 25.1 Å². The predicted octanol–water partition coefficient (Wildman–Crippen LogP) is 1.59. The van der Waals surface area contributed by atoms with E-state index in [1.807, 2.05) is 18.2 Å². The Hall–Kier alpha value is -1.49. The molecule has 1 amide bonds. The fourth-order valence-corrected chi connectivity index (χ4v) is 2.33. The van der Waals surface area contributed by atoms with E-state index in [9.17, 15) is 14.7 Å². The highest BCUT2D eigenvalue weighted by molar-refractivity contribution is 7.80. The van der Waals surface area contributed by atoms with Crippen LogP contribution < -0.4 is 4.90 Å². The molecule has 1 unspecified atom stereocenters. The first kappa shape index (κ1) is 13.0. The Morgan fingerprint density at radius 2 is 2.17 bits per heavy atom. The zero-order chi connectivity index (χ0) is 13.3. The van der Waals surface area contributed by atoms with Crippen LogP contribution in [0, 0.1) is 5.92 Å². The van der Waals surface area contributed by atoms with Gasteiger partial charge in [-0.3, -0.25) is 9.69 Å². The summed E-state index contributed by atoms with van der Waals surface area (Å²) in [6, 6.07) is 6.53. The van der Waals surface area contributed by atoms with Crippen LogP contribution in [0.3, 0.4) is 0 Å². The minimum atomic E-state index is -0.967. The van der Waals surface area contributed by atoms with Gasteiger partial charge in [-0.15, -0.1) is 0 Å². The van der Waals surface area contributed by atoms with Crippen molar-refractivity contribution < 1.29 is 14.7 Å². The Morgan fingerprint density at radius 1 is 1.50 bits per heavy atom. The molecule has 1 aromatic carbocycles. The molecule has 96 valence electrons. The van der Waals surface area contributed by atoms with Gasteiger partial charge >= 0.3 is 5.97 Å². The highest BCUT2D eigenvalue weighted by Gasteiger charge is 2.39. The summed E-state index contributed by atoms with van der Waals surface area (Å²) in [5.74, 6) is -1.03. The summed E-state index contributed by atoms with van der Waals surface area (Å²) in [6.45, 7) is 1.76. The summed E-state index contributed by atoms with van der Waals surface area (Å²) >= 11 is 4.10. The van der Waals surface area contributed by atoms with Crippen molar-refractivity contribution in [1.82, 2.24) is 0 Å². The molecule has 0 saturated heterocycles. The number of carboxylic acid groups (broad SMARTS) is 1. The third-order valence-electron chi connectivity index (χ3n) is 3.19. The van der Waals surface area contributed by atoms with Gasteiger partial charge in [0, 0.05) is 23.8 Å². The minimum absolute atomic E-state index is 0.178. The second-order valence-corrected chi connectivity index (χ2v) is 4.84. The van der Waals surface area contributed by atoms with E-state index in [0.717, 1.165) is 5.56 Å². The van der Waals surface area contributed by atoms with E-state index in [-0.39, 0.29) is 11.8 Å². The Balaban J connectivity index is 2.40. The monoisotopic (exact) mass is 265 g/mol. The molecule has 2 atom stereocenters. The van der Waals surface area contributed by atoms with E-state index in [2.05, 4.69) is 12.6 Å². The number of carbonyl (C=O) groups is 2. The van der Waals surface area contributed by atoms with Crippen molar-refractivity contribution in [3.8, 4) is 0 Å². The molecule has 1 N–H and O–H groups in total. The first-order valence-electron chi connectivity index (χ1n) is 5.81. The van der Waals surface area contributed by atoms with Crippen molar-refractivity contribution in [3.05, 3.63) is 29.8 Å². The largest absolute Gasteiger partial charge is 0.480 e. The number of benzene rings is 1. The van der Waals surface area contributed by atoms with E-state index in [4.69, 9.17) is 0 Å². The van der Waals surface area contributed by atoms with Gasteiger partial charge < -0.3 is 5.11 Å². The Bertz CT molecular complexity index is 489. The van der Waals surface area contributed by atoms with Crippen molar-refractivity contribution in [2.75, 3.05) is 10.7 Å². The van der Waals surface area contributed by atoms with Crippen molar-refractivity contribution in [1.29, 1.82) is 0 Å². The standard InChI is InChI=1S/C13H15NO3S/c1-8(7-18)12(15)14-10-5-3-2-4-9(10)6-11(14)13(16)17/h2-5,8,11,18H,6-7H2,1H3,(H,16,17)/t8-,11?/m1/s1. The highest BCUT2D eigenvalue weighted by atomic mass is 32.1. The van der Waals surface area contributed by atoms with Crippen LogP contribution in [0.25, 0.3) is 0 Å². The summed E-state index contributed by atoms with van der Waals surface area (Å²) in [7, 11) is 0. The summed E-state index contributed by atoms with van der Waals surface area (Å²) in [6.07, 6.45) is 0.372. The molecule has 1 aliphatic rings. The third-order valence-corrected chi connectivity index (χ3v) is 3.74. The summed E-state index contributed by atoms with van der Waals surface area (Å²) < 4.78 is 0. The van der Waals surface area contributed by atoms with Gasteiger partial charge in [0.15, 0.2) is 0 Å². The lowest BCUT2D eigenvalue weighted by Gasteiger charge is -2.25. The van der Waals surface area contributed by atoms with E-state index >= 15 is 0 Å². The molecule has 0 aliphatic carbocycles. The number of nitrogens with zero attached hydrogens (tertiary/aromatic N) is 1. The van der Waals surface area contributed by atoms with Crippen LogP contribution in [0.15, 0.2) is 24.3 Å². The molecule has 2 rings (SSSR count). The maximum atomic E-state index is 12.3. The molecule has 1 heterocycles. The molecule has 4 nitrogen and oxygen atoms in total. The minimum Gasteiger partial charge on any atom is -0.480 e. The normalized spacial score (nSPS) is 19.4. The summed E-state index contributed by atoms with van der Waals surface area (Å²) in [4.78, 5) is 25.0. The maximum absolute atomic E-state index is 12.3. The van der Waals surface area contributed by atoms with Crippen LogP contribution in [0.2, 0.25) is 0 Å². The fourth-order valence-electron chi connectivity index (χ4n) is 2.17. The van der Waals surface area contributed by atoms with E-state index in [1.54, 1.807) is 13.0 Å². The smallest absolute Gasteiger partial charge is 0.327 e. The molecule has 1 aromatic rings. The van der Waals surface area contributed by atoms with Crippen molar-refractivity contribution in [3.63, 3.8) is 0 Å². The number of fused-ring (bicyclic) bond motifs is 1. The Kier molecular flexibility index (Phi) is 3.61. The summed E-state index contributed by atoms with van der Waals surface area (Å²) in [5.41, 5.74) is 1.62. The number of aliphatic carboxylic acids is 1. The molecule has 0 spiro atoms. The van der Waals surface area contributed by atoms with Crippen molar-refractivity contribution in [2.45, 2.75) is 19.4 Å². The molecular formula is C13H15NO3S. The van der Waals surface area contributed by atoms with Crippen LogP contribution in [-0.2, 0) is 16.0 Å². The lowest BCUT2D eigenvalue weighted by Crippen LogP contribution is -2.45. The molecule has 0 bridgehead atoms. The number of anilines is 1. The molecule has 0 aromatic heterocycles. The number of rotatable bonds is 3. The number of carboxylic acids is 1. The lowest BCUT2D eigenvalue weighted by molar-refractivity contribution is -0.140. The number of carbonyl (C=O) groups excluding carboxylic acids is 1. The van der Waals surface area contributed by atoms with Gasteiger partial charge in [0.2, 0.25) is 5.91 Å². The number of para-hydroxylation sites is 1. The fraction of sp³-hybridized carbons (Fsp3) is 0.385. The number of thiol groups is 1.